The van der Waals surface area contributed by atoms with Crippen LogP contribution in [0.25, 0.3) is 0 Å². The second-order valence-corrected chi connectivity index (χ2v) is 3.86. The van der Waals surface area contributed by atoms with Crippen molar-refractivity contribution in [3.63, 3.8) is 0 Å². The van der Waals surface area contributed by atoms with Gasteiger partial charge in [0, 0.05) is 19.9 Å². The lowest BCUT2D eigenvalue weighted by atomic mass is 10.3. The molecule has 1 aromatic rings. The largest absolute Gasteiger partial charge is 0.464 e. The molecule has 0 fully saturated rings. The van der Waals surface area contributed by atoms with Crippen LogP contribution < -0.4 is 11.1 Å². The normalized spacial score (nSPS) is 11.9. The lowest BCUT2D eigenvalue weighted by molar-refractivity contribution is -0.124. The first-order chi connectivity index (χ1) is 9.01. The standard InChI is InChI=1S/C11H18N4O4/c1-7(10(16)13-4-5-18-2)15-6-8(12)9(14-15)11(17)19-3/h6-7H,4-5,12H2,1-3H3,(H,13,16). The molecule has 0 aliphatic heterocycles. The van der Waals surface area contributed by atoms with E-state index in [4.69, 9.17) is 10.5 Å². The number of amides is 1. The molecule has 1 aromatic heterocycles. The Bertz CT molecular complexity index is 458. The number of carbonyl (C=O) groups excluding carboxylic acids is 2. The summed E-state index contributed by atoms with van der Waals surface area (Å²) in [5, 5.41) is 6.63. The number of hydrogen-bond acceptors (Lipinski definition) is 6. The van der Waals surface area contributed by atoms with Crippen molar-refractivity contribution in [2.45, 2.75) is 13.0 Å². The fourth-order valence-electron chi connectivity index (χ4n) is 1.40. The van der Waals surface area contributed by atoms with Crippen LogP contribution in [0.5, 0.6) is 0 Å². The molecule has 0 aliphatic carbocycles. The van der Waals surface area contributed by atoms with Gasteiger partial charge in [-0.2, -0.15) is 5.10 Å². The van der Waals surface area contributed by atoms with Crippen LogP contribution >= 0.6 is 0 Å². The quantitative estimate of drug-likeness (QED) is 0.536. The van der Waals surface area contributed by atoms with E-state index >= 15 is 0 Å². The van der Waals surface area contributed by atoms with Crippen molar-refractivity contribution in [2.75, 3.05) is 33.1 Å². The molecule has 8 heteroatoms. The Morgan fingerprint density at radius 2 is 2.21 bits per heavy atom. The van der Waals surface area contributed by atoms with Gasteiger partial charge in [-0.1, -0.05) is 0 Å². The van der Waals surface area contributed by atoms with Crippen LogP contribution in [0.3, 0.4) is 0 Å². The summed E-state index contributed by atoms with van der Waals surface area (Å²) in [5.74, 6) is -0.876. The van der Waals surface area contributed by atoms with E-state index in [0.717, 1.165) is 0 Å². The summed E-state index contributed by atoms with van der Waals surface area (Å²) in [7, 11) is 2.79. The van der Waals surface area contributed by atoms with Crippen molar-refractivity contribution in [1.29, 1.82) is 0 Å². The number of esters is 1. The summed E-state index contributed by atoms with van der Waals surface area (Å²) in [6, 6.07) is -0.586. The molecule has 0 aromatic carbocycles. The molecule has 0 bridgehead atoms. The molecule has 0 aliphatic rings. The van der Waals surface area contributed by atoms with Crippen molar-refractivity contribution in [2.24, 2.45) is 0 Å². The van der Waals surface area contributed by atoms with Gasteiger partial charge in [0.2, 0.25) is 5.91 Å². The maximum atomic E-state index is 11.8. The molecule has 1 heterocycles. The summed E-state index contributed by atoms with van der Waals surface area (Å²) in [5.41, 5.74) is 5.81. The van der Waals surface area contributed by atoms with Crippen LogP contribution in [0, 0.1) is 0 Å². The summed E-state index contributed by atoms with van der Waals surface area (Å²) in [6.45, 7) is 2.48. The van der Waals surface area contributed by atoms with Gasteiger partial charge in [0.15, 0.2) is 5.69 Å². The Kier molecular flexibility index (Phi) is 5.31. The number of hydrogen-bond donors (Lipinski definition) is 2. The SMILES string of the molecule is COCCNC(=O)C(C)n1cc(N)c(C(=O)OC)n1. The fraction of sp³-hybridized carbons (Fsp3) is 0.545. The average molecular weight is 270 g/mol. The van der Waals surface area contributed by atoms with E-state index in [1.54, 1.807) is 14.0 Å². The topological polar surface area (TPSA) is 108 Å². The zero-order valence-electron chi connectivity index (χ0n) is 11.2. The summed E-state index contributed by atoms with van der Waals surface area (Å²) in [6.07, 6.45) is 1.42. The van der Waals surface area contributed by atoms with Gasteiger partial charge in [0.1, 0.15) is 6.04 Å². The highest BCUT2D eigenvalue weighted by Gasteiger charge is 2.21. The van der Waals surface area contributed by atoms with E-state index in [9.17, 15) is 9.59 Å². The van der Waals surface area contributed by atoms with Gasteiger partial charge in [0.25, 0.3) is 0 Å². The summed E-state index contributed by atoms with van der Waals surface area (Å²) in [4.78, 5) is 23.1. The Hall–Kier alpha value is -2.09. The Labute approximate surface area is 110 Å². The average Bonchev–Trinajstić information content (AvgIpc) is 2.79. The number of carbonyl (C=O) groups is 2. The van der Waals surface area contributed by atoms with E-state index in [1.807, 2.05) is 0 Å². The maximum Gasteiger partial charge on any atom is 0.360 e. The number of ether oxygens (including phenoxy) is 2. The number of nitrogens with zero attached hydrogens (tertiary/aromatic N) is 2. The van der Waals surface area contributed by atoms with Crippen LogP contribution in [0.1, 0.15) is 23.5 Å². The van der Waals surface area contributed by atoms with Gasteiger partial charge >= 0.3 is 5.97 Å². The van der Waals surface area contributed by atoms with Crippen LogP contribution in [0.4, 0.5) is 5.69 Å². The zero-order valence-corrected chi connectivity index (χ0v) is 11.2. The highest BCUT2D eigenvalue weighted by atomic mass is 16.5. The van der Waals surface area contributed by atoms with Crippen LogP contribution in [-0.2, 0) is 14.3 Å². The van der Waals surface area contributed by atoms with Crippen molar-refractivity contribution in [3.05, 3.63) is 11.9 Å². The van der Waals surface area contributed by atoms with E-state index in [1.165, 1.54) is 18.0 Å². The van der Waals surface area contributed by atoms with Crippen molar-refractivity contribution in [1.82, 2.24) is 15.1 Å². The third kappa shape index (κ3) is 3.68. The second-order valence-electron chi connectivity index (χ2n) is 3.86. The summed E-state index contributed by atoms with van der Waals surface area (Å²) >= 11 is 0. The highest BCUT2D eigenvalue weighted by molar-refractivity contribution is 5.92. The Morgan fingerprint density at radius 3 is 2.79 bits per heavy atom. The van der Waals surface area contributed by atoms with Crippen molar-refractivity contribution >= 4 is 17.6 Å². The smallest absolute Gasteiger partial charge is 0.360 e. The molecule has 0 saturated carbocycles. The van der Waals surface area contributed by atoms with Crippen LogP contribution in [0.15, 0.2) is 6.20 Å². The molecule has 106 valence electrons. The lowest BCUT2D eigenvalue weighted by Gasteiger charge is -2.12. The van der Waals surface area contributed by atoms with Crippen molar-refractivity contribution in [3.8, 4) is 0 Å². The molecule has 19 heavy (non-hydrogen) atoms. The van der Waals surface area contributed by atoms with E-state index in [2.05, 4.69) is 15.2 Å². The molecule has 1 unspecified atom stereocenters. The van der Waals surface area contributed by atoms with Gasteiger partial charge in [-0.05, 0) is 6.92 Å². The Balaban J connectivity index is 2.74. The number of aromatic nitrogens is 2. The molecular weight excluding hydrogens is 252 g/mol. The van der Waals surface area contributed by atoms with Crippen LogP contribution in [0.2, 0.25) is 0 Å². The predicted octanol–water partition coefficient (Wildman–Crippen LogP) is -0.424. The molecule has 3 N–H and O–H groups in total. The number of nitrogens with one attached hydrogen (secondary N) is 1. The predicted molar refractivity (Wildman–Crippen MR) is 67.6 cm³/mol. The number of nitrogen functional groups attached to an aromatic ring is 1. The molecular formula is C11H18N4O4. The summed E-state index contributed by atoms with van der Waals surface area (Å²) < 4.78 is 10.7. The molecule has 1 atom stereocenters. The number of rotatable bonds is 6. The minimum atomic E-state index is -0.636. The minimum absolute atomic E-state index is 0.000887. The van der Waals surface area contributed by atoms with Gasteiger partial charge in [-0.15, -0.1) is 0 Å². The highest BCUT2D eigenvalue weighted by Crippen LogP contribution is 2.14. The Morgan fingerprint density at radius 1 is 1.53 bits per heavy atom. The molecule has 1 rings (SSSR count). The van der Waals surface area contributed by atoms with E-state index in [0.29, 0.717) is 13.2 Å². The van der Waals surface area contributed by atoms with E-state index < -0.39 is 12.0 Å². The first kappa shape index (κ1) is 15.0. The molecule has 1 amide bonds. The first-order valence-corrected chi connectivity index (χ1v) is 5.70. The third-order valence-electron chi connectivity index (χ3n) is 2.52. The van der Waals surface area contributed by atoms with Crippen molar-refractivity contribution < 1.29 is 19.1 Å². The molecule has 8 nitrogen and oxygen atoms in total. The zero-order chi connectivity index (χ0) is 14.4. The number of nitrogens with two attached hydrogens (primary N) is 1. The third-order valence-corrected chi connectivity index (χ3v) is 2.52. The minimum Gasteiger partial charge on any atom is -0.464 e. The lowest BCUT2D eigenvalue weighted by Crippen LogP contribution is -2.33. The van der Waals surface area contributed by atoms with Gasteiger partial charge in [0.05, 0.1) is 19.4 Å². The monoisotopic (exact) mass is 270 g/mol. The fourth-order valence-corrected chi connectivity index (χ4v) is 1.40. The maximum absolute atomic E-state index is 11.8. The number of methoxy groups -OCH3 is 2. The molecule has 0 saturated heterocycles. The van der Waals surface area contributed by atoms with E-state index in [-0.39, 0.29) is 17.3 Å². The van der Waals surface area contributed by atoms with Gasteiger partial charge < -0.3 is 20.5 Å². The second kappa shape index (κ2) is 6.74. The van der Waals surface area contributed by atoms with Gasteiger partial charge in [-0.3, -0.25) is 9.48 Å². The van der Waals surface area contributed by atoms with Gasteiger partial charge in [-0.25, -0.2) is 4.79 Å². The van der Waals surface area contributed by atoms with Crippen LogP contribution in [-0.4, -0.2) is 49.0 Å². The molecule has 0 spiro atoms. The first-order valence-electron chi connectivity index (χ1n) is 5.70. The molecule has 0 radical (unpaired) electrons. The number of anilines is 1.